The third-order valence-electron chi connectivity index (χ3n) is 14.4. The Kier molecular flexibility index (Phi) is 12.3. The van der Waals surface area contributed by atoms with Gasteiger partial charge in [-0.15, -0.1) is 0 Å². The van der Waals surface area contributed by atoms with Crippen molar-refractivity contribution in [3.8, 4) is 22.3 Å². The summed E-state index contributed by atoms with van der Waals surface area (Å²) in [6.45, 7) is 3.89. The lowest BCUT2D eigenvalue weighted by Gasteiger charge is -2.35. The van der Waals surface area contributed by atoms with Gasteiger partial charge in [-0.3, -0.25) is 48.8 Å². The number of rotatable bonds is 13. The summed E-state index contributed by atoms with van der Waals surface area (Å²) in [7, 11) is 0. The highest BCUT2D eigenvalue weighted by Gasteiger charge is 2.52. The Morgan fingerprint density at radius 2 is 1.49 bits per heavy atom. The molecule has 3 saturated heterocycles. The van der Waals surface area contributed by atoms with Gasteiger partial charge < -0.3 is 19.9 Å². The van der Waals surface area contributed by atoms with Crippen molar-refractivity contribution in [3.63, 3.8) is 0 Å². The average Bonchev–Trinajstić information content (AvgIpc) is 3.69. The quantitative estimate of drug-likeness (QED) is 0.100. The van der Waals surface area contributed by atoms with Crippen LogP contribution < -0.4 is 15.5 Å². The monoisotopic (exact) mass is 978 g/mol. The first-order chi connectivity index (χ1) is 33.9. The zero-order valence-electron chi connectivity index (χ0n) is 38.8. The molecule has 4 aliphatic heterocycles. The third-order valence-corrected chi connectivity index (χ3v) is 14.4. The minimum atomic E-state index is -4.52. The van der Waals surface area contributed by atoms with Crippen LogP contribution in [0, 0.1) is 11.7 Å². The van der Waals surface area contributed by atoms with Gasteiger partial charge in [-0.25, -0.2) is 9.37 Å². The fourth-order valence-corrected chi connectivity index (χ4v) is 9.84. The van der Waals surface area contributed by atoms with Crippen molar-refractivity contribution in [2.45, 2.75) is 101 Å². The number of hydrogen-bond acceptors (Lipinski definition) is 11. The number of anilines is 1. The Morgan fingerprint density at radius 1 is 0.845 bits per heavy atom. The minimum absolute atomic E-state index is 0.00805. The van der Waals surface area contributed by atoms with Crippen LogP contribution in [0.1, 0.15) is 96.2 Å². The number of hydrogen-bond donors (Lipinski definition) is 3. The van der Waals surface area contributed by atoms with Gasteiger partial charge in [0.05, 0.1) is 41.8 Å². The summed E-state index contributed by atoms with van der Waals surface area (Å²) in [5.41, 5.74) is 2.67. The second-order valence-electron chi connectivity index (χ2n) is 19.4. The van der Waals surface area contributed by atoms with Crippen molar-refractivity contribution in [2.24, 2.45) is 5.92 Å². The van der Waals surface area contributed by atoms with Crippen LogP contribution >= 0.6 is 0 Å². The molecule has 5 aliphatic rings. The lowest BCUT2D eigenvalue weighted by atomic mass is 9.92. The molecular formula is C50H50F4N10O7. The van der Waals surface area contributed by atoms with Gasteiger partial charge in [0.1, 0.15) is 29.6 Å². The summed E-state index contributed by atoms with van der Waals surface area (Å²) in [5.74, 6) is -4.03. The summed E-state index contributed by atoms with van der Waals surface area (Å²) < 4.78 is 63.7. The molecule has 370 valence electrons. The van der Waals surface area contributed by atoms with Crippen molar-refractivity contribution in [2.75, 3.05) is 31.1 Å². The van der Waals surface area contributed by atoms with Gasteiger partial charge in [0, 0.05) is 50.3 Å². The van der Waals surface area contributed by atoms with E-state index in [9.17, 15) is 41.9 Å². The van der Waals surface area contributed by atoms with Crippen LogP contribution in [0.25, 0.3) is 22.3 Å². The number of piperidine rings is 2. The maximum Gasteiger partial charge on any atom is 0.401 e. The Morgan fingerprint density at radius 3 is 2.17 bits per heavy atom. The second kappa shape index (κ2) is 18.5. The molecule has 21 heteroatoms. The van der Waals surface area contributed by atoms with Gasteiger partial charge in [-0.1, -0.05) is 48.5 Å². The Bertz CT molecular complexity index is 2930. The van der Waals surface area contributed by atoms with Gasteiger partial charge in [0.2, 0.25) is 23.6 Å². The molecule has 0 spiro atoms. The molecule has 17 nitrogen and oxygen atoms in total. The molecule has 4 fully saturated rings. The average molecular weight is 979 g/mol. The number of amides is 6. The van der Waals surface area contributed by atoms with E-state index in [1.54, 1.807) is 15.8 Å². The number of H-pyrrole nitrogens is 1. The van der Waals surface area contributed by atoms with Gasteiger partial charge in [0.25, 0.3) is 11.8 Å². The molecule has 0 bridgehead atoms. The van der Waals surface area contributed by atoms with Crippen LogP contribution in [0.4, 0.5) is 23.2 Å². The highest BCUT2D eigenvalue weighted by atomic mass is 19.4. The van der Waals surface area contributed by atoms with Crippen LogP contribution in [-0.2, 0) is 42.4 Å². The van der Waals surface area contributed by atoms with Gasteiger partial charge in [-0.05, 0) is 86.3 Å². The minimum Gasteiger partial charge on any atom is -0.373 e. The van der Waals surface area contributed by atoms with Crippen molar-refractivity contribution >= 4 is 41.1 Å². The van der Waals surface area contributed by atoms with Crippen LogP contribution in [-0.4, -0.2) is 121 Å². The summed E-state index contributed by atoms with van der Waals surface area (Å²) in [6, 6.07) is 17.3. The molecule has 71 heavy (non-hydrogen) atoms. The fraction of sp³-hybridized carbons (Fsp3) is 0.420. The highest BCUT2D eigenvalue weighted by molar-refractivity contribution is 6.23. The van der Waals surface area contributed by atoms with Gasteiger partial charge in [0.15, 0.2) is 5.82 Å². The zero-order chi connectivity index (χ0) is 49.9. The number of carbonyl (C=O) groups is 6. The molecule has 1 saturated carbocycles. The molecule has 1 unspecified atom stereocenters. The predicted octanol–water partition coefficient (Wildman–Crippen LogP) is 5.42. The van der Waals surface area contributed by atoms with E-state index in [1.165, 1.54) is 6.07 Å². The molecule has 3 aromatic carbocycles. The summed E-state index contributed by atoms with van der Waals surface area (Å²) in [5, 5.41) is 15.6. The Balaban J connectivity index is 0.660. The number of nitrogens with zero attached hydrogens (tertiary/aromatic N) is 7. The number of likely N-dealkylation sites (tertiary alicyclic amines) is 1. The highest BCUT2D eigenvalue weighted by Crippen LogP contribution is 2.48. The van der Waals surface area contributed by atoms with E-state index in [2.05, 4.69) is 30.9 Å². The normalized spacial score (nSPS) is 21.7. The summed E-state index contributed by atoms with van der Waals surface area (Å²) >= 11 is 0. The van der Waals surface area contributed by atoms with Gasteiger partial charge >= 0.3 is 6.18 Å². The Labute approximate surface area is 404 Å². The second-order valence-corrected chi connectivity index (χ2v) is 19.4. The number of halogens is 4. The van der Waals surface area contributed by atoms with E-state index < -0.39 is 47.1 Å². The summed E-state index contributed by atoms with van der Waals surface area (Å²) in [6.07, 6.45) is 1.27. The van der Waals surface area contributed by atoms with Crippen molar-refractivity contribution in [1.29, 1.82) is 0 Å². The lowest BCUT2D eigenvalue weighted by Crippen LogP contribution is -2.54. The maximum atomic E-state index is 15.5. The van der Waals surface area contributed by atoms with E-state index in [0.717, 1.165) is 52.6 Å². The van der Waals surface area contributed by atoms with E-state index in [4.69, 9.17) is 4.74 Å². The van der Waals surface area contributed by atoms with E-state index in [1.807, 2.05) is 59.6 Å². The standard InChI is InChI=1S/C50H50F4N10O7/c1-49(2,50(52,53)54)48-57-41(59-60-48)23-55-44(67)35-19-34(35)30-9-7-28(8-10-30)27-3-5-29(6-4-27)31-22-56-63(24-31)26-43(66)62-18-15-33(25-62)71-32-13-16-61(17-14-32)40-21-37-36(20-38(40)51)46(69)64(47(37)70)39-11-12-42(65)58-45(39)68/h3-10,20-22,24,32-35,39H,11-19,23,25-26H2,1-2H3,(H,55,67)(H,57,59,60)(H,58,65,68)/t33-,34+,35-,39?/m0/s1. The Hall–Kier alpha value is -7.29. The van der Waals surface area contributed by atoms with Crippen molar-refractivity contribution in [1.82, 2.24) is 45.4 Å². The molecule has 0 radical (unpaired) electrons. The number of aromatic nitrogens is 5. The first kappa shape index (κ1) is 47.4. The number of aromatic amines is 1. The predicted molar refractivity (Wildman–Crippen MR) is 246 cm³/mol. The largest absolute Gasteiger partial charge is 0.401 e. The number of imide groups is 2. The first-order valence-electron chi connectivity index (χ1n) is 23.6. The number of alkyl halides is 3. The van der Waals surface area contributed by atoms with Crippen LogP contribution in [0.5, 0.6) is 0 Å². The topological polar surface area (TPSA) is 205 Å². The SMILES string of the molecule is CC(C)(c1n[nH]c(CNC(=O)[C@H]2C[C@@H]2c2ccc(-c3ccc(-c4cnn(CC(=O)N5CC[C@H](OC6CCN(c7cc8c(cc7F)C(=O)N(C7CCC(=O)NC7=O)C8=O)CC6)C5)c4)cc3)cc2)n1)C(F)(F)F. The van der Waals surface area contributed by atoms with Gasteiger partial charge in [-0.2, -0.15) is 23.4 Å². The molecule has 1 aliphatic carbocycles. The van der Waals surface area contributed by atoms with Crippen LogP contribution in [0.2, 0.25) is 0 Å². The smallest absolute Gasteiger partial charge is 0.373 e. The molecule has 5 aromatic rings. The fourth-order valence-electron chi connectivity index (χ4n) is 9.84. The van der Waals surface area contributed by atoms with Crippen molar-refractivity contribution in [3.05, 3.63) is 107 Å². The number of fused-ring (bicyclic) bond motifs is 1. The van der Waals surface area contributed by atoms with E-state index >= 15 is 4.39 Å². The van der Waals surface area contributed by atoms with E-state index in [0.29, 0.717) is 51.9 Å². The summed E-state index contributed by atoms with van der Waals surface area (Å²) in [4.78, 5) is 85.1. The van der Waals surface area contributed by atoms with E-state index in [-0.39, 0.29) is 90.3 Å². The molecule has 10 rings (SSSR count). The molecule has 6 amide bonds. The number of carbonyl (C=O) groups excluding carboxylic acids is 6. The first-order valence-corrected chi connectivity index (χ1v) is 23.6. The number of benzene rings is 3. The third kappa shape index (κ3) is 9.41. The number of ether oxygens (including phenoxy) is 1. The van der Waals surface area contributed by atoms with Crippen molar-refractivity contribution < 1.29 is 51.1 Å². The molecule has 6 heterocycles. The van der Waals surface area contributed by atoms with Crippen LogP contribution in [0.3, 0.4) is 0 Å². The maximum absolute atomic E-state index is 15.5. The lowest BCUT2D eigenvalue weighted by molar-refractivity contribution is -0.182. The molecule has 4 atom stereocenters. The van der Waals surface area contributed by atoms with Crippen LogP contribution in [0.15, 0.2) is 73.1 Å². The zero-order valence-corrected chi connectivity index (χ0v) is 38.8. The molecular weight excluding hydrogens is 929 g/mol. The number of nitrogens with one attached hydrogen (secondary N) is 3. The molecule has 2 aromatic heterocycles. The molecule has 3 N–H and O–H groups in total.